The molecule has 3 N–H and O–H groups in total. The molecule has 2 aromatic rings. The number of aliphatic imine (C=N–C) groups is 1. The standard InChI is InChI=1S/C19H20FN3O2/c20-15-3-1-14(2-4-15)18(24)13-19(21)22-16-5-7-17(8-6-16)23-9-11-25-12-10-23/h1-8,13,24H,9-12H2,(H2,21,22)/b18-13-. The maximum atomic E-state index is 12.9. The topological polar surface area (TPSA) is 71.1 Å². The van der Waals surface area contributed by atoms with E-state index in [4.69, 9.17) is 10.5 Å². The predicted octanol–water partition coefficient (Wildman–Crippen LogP) is 3.25. The van der Waals surface area contributed by atoms with Crippen molar-refractivity contribution >= 4 is 23.0 Å². The number of hydrogen-bond donors (Lipinski definition) is 2. The highest BCUT2D eigenvalue weighted by Crippen LogP contribution is 2.21. The van der Waals surface area contributed by atoms with E-state index in [0.29, 0.717) is 11.3 Å². The molecule has 1 aliphatic rings. The average Bonchev–Trinajstić information content (AvgIpc) is 2.63. The Bertz CT molecular complexity index is 764. The molecule has 0 saturated carbocycles. The quantitative estimate of drug-likeness (QED) is 0.509. The van der Waals surface area contributed by atoms with Crippen LogP contribution in [0.3, 0.4) is 0 Å². The summed E-state index contributed by atoms with van der Waals surface area (Å²) in [5.41, 5.74) is 8.15. The number of aliphatic hydroxyl groups is 1. The second kappa shape index (κ2) is 7.81. The van der Waals surface area contributed by atoms with Crippen LogP contribution in [0.5, 0.6) is 0 Å². The summed E-state index contributed by atoms with van der Waals surface area (Å²) in [4.78, 5) is 6.52. The van der Waals surface area contributed by atoms with Crippen molar-refractivity contribution < 1.29 is 14.2 Å². The van der Waals surface area contributed by atoms with E-state index in [1.165, 1.54) is 30.3 Å². The monoisotopic (exact) mass is 341 g/mol. The van der Waals surface area contributed by atoms with Gasteiger partial charge < -0.3 is 20.5 Å². The van der Waals surface area contributed by atoms with Crippen LogP contribution < -0.4 is 10.6 Å². The molecule has 1 fully saturated rings. The molecule has 2 aromatic carbocycles. The Morgan fingerprint density at radius 3 is 2.36 bits per heavy atom. The van der Waals surface area contributed by atoms with Gasteiger partial charge in [0.25, 0.3) is 0 Å². The molecule has 0 bridgehead atoms. The first-order valence-corrected chi connectivity index (χ1v) is 8.05. The largest absolute Gasteiger partial charge is 0.507 e. The number of anilines is 1. The molecule has 0 aliphatic carbocycles. The molecule has 0 atom stereocenters. The molecule has 1 heterocycles. The number of ether oxygens (including phenoxy) is 1. The van der Waals surface area contributed by atoms with E-state index in [1.807, 2.05) is 24.3 Å². The lowest BCUT2D eigenvalue weighted by molar-refractivity contribution is 0.122. The Balaban J connectivity index is 1.70. The number of nitrogens with two attached hydrogens (primary N) is 1. The molecule has 5 nitrogen and oxygen atoms in total. The number of hydrogen-bond acceptors (Lipinski definition) is 4. The molecule has 0 amide bonds. The molecular formula is C19H20FN3O2. The third kappa shape index (κ3) is 4.58. The van der Waals surface area contributed by atoms with Gasteiger partial charge in [-0.25, -0.2) is 9.38 Å². The van der Waals surface area contributed by atoms with Gasteiger partial charge in [0.15, 0.2) is 0 Å². The highest BCUT2D eigenvalue weighted by molar-refractivity contribution is 5.98. The first-order chi connectivity index (χ1) is 12.1. The van der Waals surface area contributed by atoms with Crippen LogP contribution in [0.4, 0.5) is 15.8 Å². The zero-order valence-electron chi connectivity index (χ0n) is 13.7. The van der Waals surface area contributed by atoms with E-state index in [9.17, 15) is 9.50 Å². The summed E-state index contributed by atoms with van der Waals surface area (Å²) < 4.78 is 18.3. The molecule has 130 valence electrons. The maximum absolute atomic E-state index is 12.9. The molecule has 0 unspecified atom stereocenters. The molecule has 0 aromatic heterocycles. The van der Waals surface area contributed by atoms with Gasteiger partial charge in [0.1, 0.15) is 17.4 Å². The van der Waals surface area contributed by atoms with E-state index in [1.54, 1.807) is 0 Å². The Labute approximate surface area is 145 Å². The van der Waals surface area contributed by atoms with Crippen LogP contribution in [-0.4, -0.2) is 37.2 Å². The van der Waals surface area contributed by atoms with E-state index in [-0.39, 0.29) is 17.4 Å². The fourth-order valence-electron chi connectivity index (χ4n) is 2.58. The summed E-state index contributed by atoms with van der Waals surface area (Å²) in [7, 11) is 0. The minimum atomic E-state index is -0.362. The summed E-state index contributed by atoms with van der Waals surface area (Å²) in [6, 6.07) is 13.2. The van der Waals surface area contributed by atoms with Gasteiger partial charge in [-0.1, -0.05) is 0 Å². The molecule has 1 aliphatic heterocycles. The van der Waals surface area contributed by atoms with Crippen molar-refractivity contribution in [3.63, 3.8) is 0 Å². The smallest absolute Gasteiger partial charge is 0.127 e. The van der Waals surface area contributed by atoms with Gasteiger partial charge >= 0.3 is 0 Å². The van der Waals surface area contributed by atoms with Crippen LogP contribution in [0.15, 0.2) is 59.6 Å². The molecule has 1 saturated heterocycles. The molecule has 0 spiro atoms. The number of benzene rings is 2. The van der Waals surface area contributed by atoms with Crippen molar-refractivity contribution in [2.45, 2.75) is 0 Å². The zero-order valence-corrected chi connectivity index (χ0v) is 13.7. The van der Waals surface area contributed by atoms with Crippen molar-refractivity contribution in [1.82, 2.24) is 0 Å². The van der Waals surface area contributed by atoms with Crippen molar-refractivity contribution in [3.05, 3.63) is 66.0 Å². The minimum Gasteiger partial charge on any atom is -0.507 e. The lowest BCUT2D eigenvalue weighted by atomic mass is 10.2. The second-order valence-electron chi connectivity index (χ2n) is 5.69. The Morgan fingerprint density at radius 1 is 1.08 bits per heavy atom. The van der Waals surface area contributed by atoms with Crippen molar-refractivity contribution in [1.29, 1.82) is 0 Å². The number of halogens is 1. The summed E-state index contributed by atoms with van der Waals surface area (Å²) in [5, 5.41) is 10.0. The third-order valence-corrected chi connectivity index (χ3v) is 3.91. The number of nitrogens with zero attached hydrogens (tertiary/aromatic N) is 2. The summed E-state index contributed by atoms with van der Waals surface area (Å²) in [6.45, 7) is 3.22. The number of rotatable bonds is 4. The molecule has 25 heavy (non-hydrogen) atoms. The minimum absolute atomic E-state index is 0.0637. The first kappa shape index (κ1) is 17.0. The summed E-state index contributed by atoms with van der Waals surface area (Å²) in [6.07, 6.45) is 1.35. The van der Waals surface area contributed by atoms with Crippen molar-refractivity contribution in [2.75, 3.05) is 31.2 Å². The molecular weight excluding hydrogens is 321 g/mol. The van der Waals surface area contributed by atoms with E-state index < -0.39 is 0 Å². The van der Waals surface area contributed by atoms with E-state index in [0.717, 1.165) is 32.0 Å². The normalized spacial score (nSPS) is 16.1. The maximum Gasteiger partial charge on any atom is 0.127 e. The second-order valence-corrected chi connectivity index (χ2v) is 5.69. The van der Waals surface area contributed by atoms with Crippen LogP contribution in [-0.2, 0) is 4.74 Å². The van der Waals surface area contributed by atoms with Gasteiger partial charge in [-0.15, -0.1) is 0 Å². The molecule has 3 rings (SSSR count). The fourth-order valence-corrected chi connectivity index (χ4v) is 2.58. The van der Waals surface area contributed by atoms with Gasteiger partial charge in [-0.3, -0.25) is 0 Å². The van der Waals surface area contributed by atoms with E-state index in [2.05, 4.69) is 9.89 Å². The highest BCUT2D eigenvalue weighted by Gasteiger charge is 2.10. The first-order valence-electron chi connectivity index (χ1n) is 8.05. The zero-order chi connectivity index (χ0) is 17.6. The van der Waals surface area contributed by atoms with Gasteiger partial charge in [0.2, 0.25) is 0 Å². The molecule has 0 radical (unpaired) electrons. The van der Waals surface area contributed by atoms with Gasteiger partial charge in [-0.2, -0.15) is 0 Å². The third-order valence-electron chi connectivity index (χ3n) is 3.91. The van der Waals surface area contributed by atoms with Crippen LogP contribution in [0.1, 0.15) is 5.56 Å². The summed E-state index contributed by atoms with van der Waals surface area (Å²) >= 11 is 0. The van der Waals surface area contributed by atoms with Gasteiger partial charge in [-0.05, 0) is 48.5 Å². The van der Waals surface area contributed by atoms with E-state index >= 15 is 0 Å². The Kier molecular flexibility index (Phi) is 5.30. The van der Waals surface area contributed by atoms with Crippen LogP contribution >= 0.6 is 0 Å². The predicted molar refractivity (Wildman–Crippen MR) is 97.8 cm³/mol. The fraction of sp³-hybridized carbons (Fsp3) is 0.211. The van der Waals surface area contributed by atoms with Gasteiger partial charge in [0.05, 0.1) is 18.9 Å². The lowest BCUT2D eigenvalue weighted by Crippen LogP contribution is -2.36. The lowest BCUT2D eigenvalue weighted by Gasteiger charge is -2.28. The number of amidine groups is 1. The van der Waals surface area contributed by atoms with Crippen molar-refractivity contribution in [3.8, 4) is 0 Å². The molecule has 6 heteroatoms. The Morgan fingerprint density at radius 2 is 1.72 bits per heavy atom. The van der Waals surface area contributed by atoms with Gasteiger partial charge in [0, 0.05) is 30.4 Å². The average molecular weight is 341 g/mol. The van der Waals surface area contributed by atoms with Crippen LogP contribution in [0.2, 0.25) is 0 Å². The number of morpholine rings is 1. The summed E-state index contributed by atoms with van der Waals surface area (Å²) in [5.74, 6) is -0.259. The van der Waals surface area contributed by atoms with Crippen LogP contribution in [0.25, 0.3) is 5.76 Å². The number of aliphatic hydroxyl groups excluding tert-OH is 1. The van der Waals surface area contributed by atoms with Crippen molar-refractivity contribution in [2.24, 2.45) is 10.7 Å². The SMILES string of the molecule is NC(/C=C(\O)c1ccc(F)cc1)=Nc1ccc(N2CCOCC2)cc1. The van der Waals surface area contributed by atoms with Crippen LogP contribution in [0, 0.1) is 5.82 Å². The highest BCUT2D eigenvalue weighted by atomic mass is 19.1. The Hall–Kier alpha value is -2.86.